The number of rotatable bonds is 4. The van der Waals surface area contributed by atoms with Crippen LogP contribution in [0.25, 0.3) is 0 Å². The van der Waals surface area contributed by atoms with Crippen LogP contribution in [0, 0.1) is 10.1 Å². The smallest absolute Gasteiger partial charge is 0.270 e. The van der Waals surface area contributed by atoms with Gasteiger partial charge in [0.1, 0.15) is 0 Å². The fourth-order valence-electron chi connectivity index (χ4n) is 2.61. The van der Waals surface area contributed by atoms with Crippen LogP contribution in [-0.2, 0) is 0 Å². The Morgan fingerprint density at radius 1 is 1.57 bits per heavy atom. The number of amides is 1. The molecule has 114 valence electrons. The first-order valence-corrected chi connectivity index (χ1v) is 7.79. The van der Waals surface area contributed by atoms with Crippen LogP contribution in [-0.4, -0.2) is 41.4 Å². The molecule has 1 atom stereocenters. The Morgan fingerprint density at radius 3 is 2.90 bits per heavy atom. The summed E-state index contributed by atoms with van der Waals surface area (Å²) in [6.45, 7) is 4.26. The minimum Gasteiger partial charge on any atom is -0.335 e. The lowest BCUT2D eigenvalue weighted by Crippen LogP contribution is -2.48. The fraction of sp³-hybridized carbons (Fsp3) is 0.500. The van der Waals surface area contributed by atoms with E-state index in [0.717, 1.165) is 25.9 Å². The lowest BCUT2D eigenvalue weighted by Gasteiger charge is -2.34. The highest BCUT2D eigenvalue weighted by atomic mass is 79.9. The number of nitrogens with one attached hydrogen (secondary N) is 1. The Bertz CT molecular complexity index is 544. The number of nitro groups is 1. The summed E-state index contributed by atoms with van der Waals surface area (Å²) in [7, 11) is 0. The number of nitrogens with zero attached hydrogens (tertiary/aromatic N) is 2. The fourth-order valence-corrected chi connectivity index (χ4v) is 3.03. The maximum absolute atomic E-state index is 12.7. The standard InChI is InChI=1S/C14H18BrN3O3/c1-2-17(11-4-3-7-16-9-11)14(19)12-8-10(18(20)21)5-6-13(12)15/h5-6,8,11,16H,2-4,7,9H2,1H3. The molecule has 7 heteroatoms. The number of piperidine rings is 1. The van der Waals surface area contributed by atoms with E-state index in [1.807, 2.05) is 6.92 Å². The van der Waals surface area contributed by atoms with Crippen LogP contribution in [0.3, 0.4) is 0 Å². The number of carbonyl (C=O) groups is 1. The Hall–Kier alpha value is -1.47. The SMILES string of the molecule is CCN(C(=O)c1cc([N+](=O)[O-])ccc1Br)C1CCCNC1. The lowest BCUT2D eigenvalue weighted by molar-refractivity contribution is -0.384. The van der Waals surface area contributed by atoms with Crippen molar-refractivity contribution in [1.29, 1.82) is 0 Å². The summed E-state index contributed by atoms with van der Waals surface area (Å²) in [4.78, 5) is 24.9. The Kier molecular flexibility index (Phi) is 5.30. The molecule has 2 rings (SSSR count). The molecule has 1 saturated heterocycles. The van der Waals surface area contributed by atoms with E-state index in [-0.39, 0.29) is 17.6 Å². The number of halogens is 1. The van der Waals surface area contributed by atoms with E-state index in [1.54, 1.807) is 11.0 Å². The van der Waals surface area contributed by atoms with Crippen LogP contribution in [0.2, 0.25) is 0 Å². The average Bonchev–Trinajstić information content (AvgIpc) is 2.49. The maximum atomic E-state index is 12.7. The van der Waals surface area contributed by atoms with Crippen LogP contribution in [0.1, 0.15) is 30.1 Å². The zero-order valence-electron chi connectivity index (χ0n) is 11.8. The molecular formula is C14H18BrN3O3. The van der Waals surface area contributed by atoms with Crippen molar-refractivity contribution in [2.75, 3.05) is 19.6 Å². The number of nitro benzene ring substituents is 1. The molecule has 1 heterocycles. The molecule has 1 unspecified atom stereocenters. The van der Waals surface area contributed by atoms with Crippen molar-refractivity contribution in [2.45, 2.75) is 25.8 Å². The summed E-state index contributed by atoms with van der Waals surface area (Å²) in [5.41, 5.74) is 0.274. The van der Waals surface area contributed by atoms with Gasteiger partial charge < -0.3 is 10.2 Å². The van der Waals surface area contributed by atoms with Crippen molar-refractivity contribution >= 4 is 27.5 Å². The predicted octanol–water partition coefficient (Wildman–Crippen LogP) is 2.57. The van der Waals surface area contributed by atoms with Crippen LogP contribution >= 0.6 is 15.9 Å². The van der Waals surface area contributed by atoms with Crippen molar-refractivity contribution in [1.82, 2.24) is 10.2 Å². The van der Waals surface area contributed by atoms with Gasteiger partial charge in [0, 0.05) is 35.7 Å². The Morgan fingerprint density at radius 2 is 2.33 bits per heavy atom. The highest BCUT2D eigenvalue weighted by molar-refractivity contribution is 9.10. The van der Waals surface area contributed by atoms with Gasteiger partial charge >= 0.3 is 0 Å². The first-order valence-electron chi connectivity index (χ1n) is 7.00. The van der Waals surface area contributed by atoms with Crippen molar-refractivity contribution in [3.05, 3.63) is 38.3 Å². The molecule has 0 bridgehead atoms. The topological polar surface area (TPSA) is 75.5 Å². The second-order valence-electron chi connectivity index (χ2n) is 5.01. The normalized spacial score (nSPS) is 18.3. The summed E-state index contributed by atoms with van der Waals surface area (Å²) < 4.78 is 0.584. The van der Waals surface area contributed by atoms with E-state index in [2.05, 4.69) is 21.2 Å². The molecule has 21 heavy (non-hydrogen) atoms. The molecule has 0 aromatic heterocycles. The van der Waals surface area contributed by atoms with Crippen molar-refractivity contribution < 1.29 is 9.72 Å². The number of carbonyl (C=O) groups excluding carboxylic acids is 1. The molecule has 1 aromatic rings. The first-order chi connectivity index (χ1) is 10.0. The summed E-state index contributed by atoms with van der Waals surface area (Å²) in [5.74, 6) is -0.165. The van der Waals surface area contributed by atoms with Gasteiger partial charge in [-0.15, -0.1) is 0 Å². The quantitative estimate of drug-likeness (QED) is 0.665. The molecule has 0 radical (unpaired) electrons. The lowest BCUT2D eigenvalue weighted by atomic mass is 10.0. The van der Waals surface area contributed by atoms with Crippen molar-refractivity contribution in [3.8, 4) is 0 Å². The maximum Gasteiger partial charge on any atom is 0.270 e. The zero-order valence-corrected chi connectivity index (χ0v) is 13.4. The van der Waals surface area contributed by atoms with Gasteiger partial charge in [-0.05, 0) is 48.3 Å². The largest absolute Gasteiger partial charge is 0.335 e. The monoisotopic (exact) mass is 355 g/mol. The molecule has 0 aliphatic carbocycles. The summed E-state index contributed by atoms with van der Waals surface area (Å²) in [5, 5.41) is 14.2. The number of hydrogen-bond donors (Lipinski definition) is 1. The summed E-state index contributed by atoms with van der Waals surface area (Å²) in [6.07, 6.45) is 1.99. The minimum absolute atomic E-state index is 0.0700. The molecule has 0 saturated carbocycles. The second kappa shape index (κ2) is 7.00. The van der Waals surface area contributed by atoms with Gasteiger partial charge in [0.15, 0.2) is 0 Å². The molecule has 6 nitrogen and oxygen atoms in total. The van der Waals surface area contributed by atoms with Crippen LogP contribution in [0.15, 0.2) is 22.7 Å². The average molecular weight is 356 g/mol. The Balaban J connectivity index is 2.28. The third kappa shape index (κ3) is 3.59. The second-order valence-corrected chi connectivity index (χ2v) is 5.87. The highest BCUT2D eigenvalue weighted by Gasteiger charge is 2.27. The van der Waals surface area contributed by atoms with Gasteiger partial charge in [-0.25, -0.2) is 0 Å². The molecule has 1 N–H and O–H groups in total. The number of benzene rings is 1. The number of likely N-dealkylation sites (N-methyl/N-ethyl adjacent to an activating group) is 1. The third-order valence-corrected chi connectivity index (χ3v) is 4.40. The third-order valence-electron chi connectivity index (χ3n) is 3.70. The summed E-state index contributed by atoms with van der Waals surface area (Å²) in [6, 6.07) is 4.42. The van der Waals surface area contributed by atoms with Gasteiger partial charge in [-0.2, -0.15) is 0 Å². The van der Waals surface area contributed by atoms with E-state index in [9.17, 15) is 14.9 Å². The first kappa shape index (κ1) is 15.9. The van der Waals surface area contributed by atoms with E-state index < -0.39 is 4.92 Å². The number of non-ortho nitro benzene ring substituents is 1. The van der Waals surface area contributed by atoms with E-state index in [4.69, 9.17) is 0 Å². The molecule has 0 spiro atoms. The highest BCUT2D eigenvalue weighted by Crippen LogP contribution is 2.25. The molecular weight excluding hydrogens is 338 g/mol. The molecule has 1 amide bonds. The summed E-state index contributed by atoms with van der Waals surface area (Å²) >= 11 is 3.32. The van der Waals surface area contributed by atoms with Gasteiger partial charge in [0.05, 0.1) is 10.5 Å². The zero-order chi connectivity index (χ0) is 15.4. The molecule has 1 aliphatic rings. The van der Waals surface area contributed by atoms with E-state index >= 15 is 0 Å². The van der Waals surface area contributed by atoms with E-state index in [1.165, 1.54) is 12.1 Å². The Labute approximate surface area is 131 Å². The molecule has 1 fully saturated rings. The van der Waals surface area contributed by atoms with Gasteiger partial charge in [0.25, 0.3) is 11.6 Å². The minimum atomic E-state index is -0.484. The van der Waals surface area contributed by atoms with Crippen LogP contribution in [0.5, 0.6) is 0 Å². The number of hydrogen-bond acceptors (Lipinski definition) is 4. The van der Waals surface area contributed by atoms with Crippen molar-refractivity contribution in [3.63, 3.8) is 0 Å². The van der Waals surface area contributed by atoms with Gasteiger partial charge in [-0.3, -0.25) is 14.9 Å². The van der Waals surface area contributed by atoms with E-state index in [0.29, 0.717) is 16.6 Å². The molecule has 1 aliphatic heterocycles. The van der Waals surface area contributed by atoms with Crippen molar-refractivity contribution in [2.24, 2.45) is 0 Å². The molecule has 1 aromatic carbocycles. The van der Waals surface area contributed by atoms with Gasteiger partial charge in [-0.1, -0.05) is 0 Å². The van der Waals surface area contributed by atoms with Gasteiger partial charge in [0.2, 0.25) is 0 Å². The van der Waals surface area contributed by atoms with Crippen LogP contribution in [0.4, 0.5) is 5.69 Å². The predicted molar refractivity (Wildman–Crippen MR) is 83.4 cm³/mol. The van der Waals surface area contributed by atoms with Crippen LogP contribution < -0.4 is 5.32 Å².